The third kappa shape index (κ3) is 2.45. The molecule has 5 aromatic rings. The largest absolute Gasteiger partial charge is 0.375 e. The third-order valence-electron chi connectivity index (χ3n) is 4.23. The lowest BCUT2D eigenvalue weighted by Gasteiger charge is -2.05. The van der Waals surface area contributed by atoms with Gasteiger partial charge in [-0.15, -0.1) is 0 Å². The van der Waals surface area contributed by atoms with Crippen LogP contribution < -0.4 is 5.73 Å². The summed E-state index contributed by atoms with van der Waals surface area (Å²) >= 11 is 1.52. The zero-order valence-corrected chi connectivity index (χ0v) is 14.0. The maximum atomic E-state index is 5.79. The first-order valence-electron chi connectivity index (χ1n) is 7.85. The second kappa shape index (κ2) is 5.42. The lowest BCUT2D eigenvalue weighted by atomic mass is 10.1. The minimum absolute atomic E-state index is 0.606. The number of fused-ring (bicyclic) bond motifs is 2. The van der Waals surface area contributed by atoms with Crippen molar-refractivity contribution >= 4 is 32.3 Å². The summed E-state index contributed by atoms with van der Waals surface area (Å²) < 4.78 is 5.20. The van der Waals surface area contributed by atoms with Gasteiger partial charge >= 0.3 is 0 Å². The summed E-state index contributed by atoms with van der Waals surface area (Å²) in [6, 6.07) is 10.4. The number of aromatic nitrogens is 5. The van der Waals surface area contributed by atoms with E-state index in [1.165, 1.54) is 16.9 Å². The molecule has 0 bridgehead atoms. The number of anilines is 1. The van der Waals surface area contributed by atoms with E-state index in [-0.39, 0.29) is 0 Å². The van der Waals surface area contributed by atoms with Crippen molar-refractivity contribution in [1.29, 1.82) is 0 Å². The minimum atomic E-state index is 0.606. The lowest BCUT2D eigenvalue weighted by Crippen LogP contribution is -1.97. The molecule has 6 nitrogen and oxygen atoms in total. The summed E-state index contributed by atoms with van der Waals surface area (Å²) in [7, 11) is 0. The monoisotopic (exact) mass is 346 g/mol. The van der Waals surface area contributed by atoms with E-state index < -0.39 is 0 Å². The van der Waals surface area contributed by atoms with E-state index in [0.29, 0.717) is 5.13 Å². The molecule has 0 atom stereocenters. The number of imidazole rings is 2. The van der Waals surface area contributed by atoms with Crippen LogP contribution in [0.4, 0.5) is 5.13 Å². The van der Waals surface area contributed by atoms with Gasteiger partial charge in [0.1, 0.15) is 5.65 Å². The first-order valence-corrected chi connectivity index (χ1v) is 8.67. The Hall–Kier alpha value is -3.19. The van der Waals surface area contributed by atoms with Gasteiger partial charge in [0.05, 0.1) is 22.2 Å². The number of hydrogen-bond donors (Lipinski definition) is 1. The van der Waals surface area contributed by atoms with Crippen molar-refractivity contribution in [3.63, 3.8) is 0 Å². The van der Waals surface area contributed by atoms with Crippen molar-refractivity contribution in [2.24, 2.45) is 0 Å². The Morgan fingerprint density at radius 2 is 2.08 bits per heavy atom. The first-order chi connectivity index (χ1) is 12.3. The molecule has 122 valence electrons. The summed E-state index contributed by atoms with van der Waals surface area (Å²) in [6.07, 6.45) is 10.3. The quantitative estimate of drug-likeness (QED) is 0.544. The topological polar surface area (TPSA) is 74.0 Å². The highest BCUT2D eigenvalue weighted by molar-refractivity contribution is 7.22. The molecule has 4 heterocycles. The van der Waals surface area contributed by atoms with Gasteiger partial charge < -0.3 is 14.7 Å². The van der Waals surface area contributed by atoms with E-state index in [4.69, 9.17) is 5.73 Å². The number of nitrogens with zero attached hydrogens (tertiary/aromatic N) is 5. The number of rotatable bonds is 3. The van der Waals surface area contributed by atoms with Gasteiger partial charge in [0.2, 0.25) is 0 Å². The highest BCUT2D eigenvalue weighted by Crippen LogP contribution is 2.25. The van der Waals surface area contributed by atoms with Gasteiger partial charge in [0, 0.05) is 43.0 Å². The standard InChI is InChI=1S/C18H14N6S/c19-18-22-15-2-1-12(8-16(15)25-18)7-14-10-21-17-9-13(3-5-24(14)17)23-6-4-20-11-23/h1-6,8-11H,7H2,(H2,19,22). The van der Waals surface area contributed by atoms with Gasteiger partial charge in [-0.3, -0.25) is 0 Å². The van der Waals surface area contributed by atoms with E-state index in [1.54, 1.807) is 12.5 Å². The summed E-state index contributed by atoms with van der Waals surface area (Å²) in [5.74, 6) is 0. The van der Waals surface area contributed by atoms with Crippen molar-refractivity contribution in [3.8, 4) is 5.69 Å². The Labute approximate surface area is 147 Å². The van der Waals surface area contributed by atoms with Crippen molar-refractivity contribution in [2.45, 2.75) is 6.42 Å². The molecular formula is C18H14N6S. The van der Waals surface area contributed by atoms with Crippen molar-refractivity contribution in [3.05, 3.63) is 72.7 Å². The summed E-state index contributed by atoms with van der Waals surface area (Å²) in [6.45, 7) is 0. The Morgan fingerprint density at radius 3 is 2.96 bits per heavy atom. The van der Waals surface area contributed by atoms with Crippen LogP contribution in [0.15, 0.2) is 61.4 Å². The molecule has 0 saturated carbocycles. The first kappa shape index (κ1) is 14.2. The molecule has 5 rings (SSSR count). The number of benzene rings is 1. The molecule has 4 aromatic heterocycles. The van der Waals surface area contributed by atoms with Gasteiger partial charge in [-0.2, -0.15) is 0 Å². The second-order valence-corrected chi connectivity index (χ2v) is 6.93. The highest BCUT2D eigenvalue weighted by Gasteiger charge is 2.08. The lowest BCUT2D eigenvalue weighted by molar-refractivity contribution is 1.00. The summed E-state index contributed by atoms with van der Waals surface area (Å²) in [5, 5.41) is 0.606. The van der Waals surface area contributed by atoms with Crippen LogP contribution in [0, 0.1) is 0 Å². The molecule has 0 spiro atoms. The third-order valence-corrected chi connectivity index (χ3v) is 5.08. The molecule has 0 aliphatic carbocycles. The Kier molecular flexibility index (Phi) is 3.07. The van der Waals surface area contributed by atoms with Gasteiger partial charge in [0.25, 0.3) is 0 Å². The van der Waals surface area contributed by atoms with Crippen LogP contribution in [-0.2, 0) is 6.42 Å². The van der Waals surface area contributed by atoms with Crippen molar-refractivity contribution in [1.82, 2.24) is 23.9 Å². The van der Waals surface area contributed by atoms with Crippen LogP contribution in [-0.4, -0.2) is 23.9 Å². The van der Waals surface area contributed by atoms with Crippen molar-refractivity contribution in [2.75, 3.05) is 5.73 Å². The van der Waals surface area contributed by atoms with E-state index >= 15 is 0 Å². The maximum Gasteiger partial charge on any atom is 0.181 e. The van der Waals surface area contributed by atoms with Gasteiger partial charge in [0.15, 0.2) is 5.13 Å². The average Bonchev–Trinajstić information content (AvgIpc) is 3.33. The van der Waals surface area contributed by atoms with Gasteiger partial charge in [-0.05, 0) is 23.8 Å². The van der Waals surface area contributed by atoms with Crippen LogP contribution in [0.25, 0.3) is 21.6 Å². The molecular weight excluding hydrogens is 332 g/mol. The fourth-order valence-corrected chi connectivity index (χ4v) is 3.83. The predicted molar refractivity (Wildman–Crippen MR) is 99.2 cm³/mol. The molecule has 2 N–H and O–H groups in total. The molecule has 0 aliphatic heterocycles. The zero-order chi connectivity index (χ0) is 16.8. The fourth-order valence-electron chi connectivity index (χ4n) is 3.03. The fraction of sp³-hybridized carbons (Fsp3) is 0.0556. The molecule has 25 heavy (non-hydrogen) atoms. The smallest absolute Gasteiger partial charge is 0.181 e. The normalized spacial score (nSPS) is 11.5. The number of thiazole rings is 1. The van der Waals surface area contributed by atoms with Gasteiger partial charge in [-0.25, -0.2) is 15.0 Å². The number of pyridine rings is 1. The van der Waals surface area contributed by atoms with E-state index in [2.05, 4.69) is 49.8 Å². The van der Waals surface area contributed by atoms with Gasteiger partial charge in [-0.1, -0.05) is 17.4 Å². The van der Waals surface area contributed by atoms with E-state index in [1.807, 2.05) is 23.0 Å². The molecule has 0 unspecified atom stereocenters. The van der Waals surface area contributed by atoms with E-state index in [0.717, 1.165) is 33.7 Å². The predicted octanol–water partition coefficient (Wildman–Crippen LogP) is 3.30. The molecule has 0 radical (unpaired) electrons. The number of nitrogens with two attached hydrogens (primary N) is 1. The second-order valence-electron chi connectivity index (χ2n) is 5.86. The molecule has 0 aliphatic rings. The molecule has 0 amide bonds. The Balaban J connectivity index is 1.51. The molecule has 7 heteroatoms. The minimum Gasteiger partial charge on any atom is -0.375 e. The molecule has 1 aromatic carbocycles. The van der Waals surface area contributed by atoms with Crippen LogP contribution in [0.5, 0.6) is 0 Å². The van der Waals surface area contributed by atoms with Crippen LogP contribution in [0.1, 0.15) is 11.3 Å². The Morgan fingerprint density at radius 1 is 1.12 bits per heavy atom. The van der Waals surface area contributed by atoms with E-state index in [9.17, 15) is 0 Å². The highest BCUT2D eigenvalue weighted by atomic mass is 32.1. The Bertz CT molecular complexity index is 1190. The van der Waals surface area contributed by atoms with Crippen LogP contribution in [0.2, 0.25) is 0 Å². The summed E-state index contributed by atoms with van der Waals surface area (Å²) in [4.78, 5) is 12.9. The molecule has 0 saturated heterocycles. The number of nitrogen functional groups attached to an aromatic ring is 1. The SMILES string of the molecule is Nc1nc2ccc(Cc3cnc4cc(-n5ccnc5)ccn34)cc2s1. The van der Waals surface area contributed by atoms with Crippen molar-refractivity contribution < 1.29 is 0 Å². The number of hydrogen-bond acceptors (Lipinski definition) is 5. The average molecular weight is 346 g/mol. The summed E-state index contributed by atoms with van der Waals surface area (Å²) in [5.41, 5.74) is 11.1. The maximum absolute atomic E-state index is 5.79. The zero-order valence-electron chi connectivity index (χ0n) is 13.2. The van der Waals surface area contributed by atoms with Crippen LogP contribution >= 0.6 is 11.3 Å². The van der Waals surface area contributed by atoms with Crippen LogP contribution in [0.3, 0.4) is 0 Å². The molecule has 0 fully saturated rings.